The van der Waals surface area contributed by atoms with E-state index in [9.17, 15) is 0 Å². The van der Waals surface area contributed by atoms with Gasteiger partial charge in [-0.05, 0) is 37.1 Å². The van der Waals surface area contributed by atoms with Crippen molar-refractivity contribution in [2.45, 2.75) is 38.3 Å². The first-order valence-electron chi connectivity index (χ1n) is 9.03. The summed E-state index contributed by atoms with van der Waals surface area (Å²) in [6, 6.07) is 22.8. The van der Waals surface area contributed by atoms with Crippen molar-refractivity contribution in [1.29, 1.82) is 0 Å². The third-order valence-electron chi connectivity index (χ3n) is 5.66. The van der Waals surface area contributed by atoms with Crippen molar-refractivity contribution < 1.29 is 0 Å². The Bertz CT molecular complexity index is 557. The molecule has 1 saturated heterocycles. The molecule has 2 atom stereocenters. The highest BCUT2D eigenvalue weighted by molar-refractivity contribution is 7.04. The van der Waals surface area contributed by atoms with Gasteiger partial charge in [0.25, 0.3) is 0 Å². The van der Waals surface area contributed by atoms with Crippen LogP contribution in [-0.2, 0) is 0 Å². The van der Waals surface area contributed by atoms with Crippen molar-refractivity contribution in [2.75, 3.05) is 19.6 Å². The maximum atomic E-state index is 2.69. The number of hydrogen-bond donors (Lipinski definition) is 0. The van der Waals surface area contributed by atoms with Gasteiger partial charge in [-0.2, -0.15) is 0 Å². The molecule has 0 aliphatic carbocycles. The Balaban J connectivity index is 2.10. The van der Waals surface area contributed by atoms with Crippen molar-refractivity contribution in [2.24, 2.45) is 0 Å². The Morgan fingerprint density at radius 3 is 1.65 bits per heavy atom. The molecule has 0 spiro atoms. The molecule has 2 unspecified atom stereocenters. The summed E-state index contributed by atoms with van der Waals surface area (Å²) in [4.78, 5) is 2.69. The number of nitrogens with zero attached hydrogens (tertiary/aromatic N) is 1. The molecule has 1 aliphatic heterocycles. The fraction of sp³-hybridized carbons (Fsp3) is 0.429. The second-order valence-corrected chi connectivity index (χ2v) is 12.0. The van der Waals surface area contributed by atoms with E-state index in [1.165, 1.54) is 26.1 Å². The maximum absolute atomic E-state index is 2.69. The predicted octanol–water partition coefficient (Wildman–Crippen LogP) is 3.76. The highest BCUT2D eigenvalue weighted by Crippen LogP contribution is 2.38. The van der Waals surface area contributed by atoms with Crippen LogP contribution in [-0.4, -0.2) is 32.6 Å². The predicted molar refractivity (Wildman–Crippen MR) is 103 cm³/mol. The van der Waals surface area contributed by atoms with Crippen LogP contribution in [0.3, 0.4) is 0 Å². The highest BCUT2D eigenvalue weighted by Gasteiger charge is 2.50. The summed E-state index contributed by atoms with van der Waals surface area (Å²) < 4.78 is 0. The second kappa shape index (κ2) is 7.02. The zero-order valence-corrected chi connectivity index (χ0v) is 15.7. The lowest BCUT2D eigenvalue weighted by Crippen LogP contribution is -2.69. The van der Waals surface area contributed by atoms with E-state index in [0.29, 0.717) is 0 Å². The number of rotatable bonds is 4. The fourth-order valence-electron chi connectivity index (χ4n) is 4.85. The van der Waals surface area contributed by atoms with Crippen molar-refractivity contribution in [1.82, 2.24) is 4.90 Å². The molecule has 1 aliphatic rings. The van der Waals surface area contributed by atoms with Crippen molar-refractivity contribution >= 4 is 18.4 Å². The molecule has 0 saturated carbocycles. The lowest BCUT2D eigenvalue weighted by molar-refractivity contribution is 0.255. The molecule has 1 fully saturated rings. The van der Waals surface area contributed by atoms with Gasteiger partial charge in [-0.3, -0.25) is 0 Å². The monoisotopic (exact) mass is 323 g/mol. The van der Waals surface area contributed by atoms with Gasteiger partial charge < -0.3 is 4.90 Å². The standard InChI is InChI=1S/C21H29NSi/c1-4-15-22-16-18(2)23(19(3)17-22,20-11-7-5-8-12-20)21-13-9-6-10-14-21/h5-14,18-19H,4,15-17H2,1-3H3. The molecule has 0 N–H and O–H groups in total. The largest absolute Gasteiger partial charge is 0.303 e. The first-order valence-corrected chi connectivity index (χ1v) is 11.2. The Morgan fingerprint density at radius 2 is 1.26 bits per heavy atom. The molecular formula is C21H29NSi. The average Bonchev–Trinajstić information content (AvgIpc) is 2.57. The van der Waals surface area contributed by atoms with E-state index >= 15 is 0 Å². The van der Waals surface area contributed by atoms with Gasteiger partial charge in [0.2, 0.25) is 0 Å². The van der Waals surface area contributed by atoms with Crippen LogP contribution in [0.2, 0.25) is 11.1 Å². The normalized spacial score (nSPS) is 24.5. The van der Waals surface area contributed by atoms with Crippen molar-refractivity contribution in [3.05, 3.63) is 60.7 Å². The van der Waals surface area contributed by atoms with E-state index in [-0.39, 0.29) is 0 Å². The molecule has 2 aromatic rings. The minimum absolute atomic E-state index is 0.739. The first kappa shape index (κ1) is 16.5. The third-order valence-corrected chi connectivity index (χ3v) is 11.7. The van der Waals surface area contributed by atoms with Crippen LogP contribution in [0.1, 0.15) is 27.2 Å². The zero-order chi connectivity index (χ0) is 16.3. The Labute approximate surface area is 142 Å². The third kappa shape index (κ3) is 2.90. The molecule has 122 valence electrons. The average molecular weight is 324 g/mol. The summed E-state index contributed by atoms with van der Waals surface area (Å²) in [6.45, 7) is 11.0. The van der Waals surface area contributed by atoms with Crippen LogP contribution >= 0.6 is 0 Å². The molecule has 0 radical (unpaired) electrons. The number of hydrogen-bond acceptors (Lipinski definition) is 1. The van der Waals surface area contributed by atoms with E-state index in [2.05, 4.69) is 86.3 Å². The Morgan fingerprint density at radius 1 is 0.826 bits per heavy atom. The second-order valence-electron chi connectivity index (χ2n) is 7.16. The molecule has 1 heterocycles. The van der Waals surface area contributed by atoms with Crippen LogP contribution in [0.4, 0.5) is 0 Å². The van der Waals surface area contributed by atoms with Crippen LogP contribution in [0.15, 0.2) is 60.7 Å². The van der Waals surface area contributed by atoms with Crippen molar-refractivity contribution in [3.63, 3.8) is 0 Å². The maximum Gasteiger partial charge on any atom is 0.126 e. The summed E-state index contributed by atoms with van der Waals surface area (Å²) in [5.41, 5.74) is 1.48. The van der Waals surface area contributed by atoms with Gasteiger partial charge in [0.05, 0.1) is 0 Å². The number of benzene rings is 2. The lowest BCUT2D eigenvalue weighted by Gasteiger charge is -2.50. The molecule has 3 rings (SSSR count). The summed E-state index contributed by atoms with van der Waals surface area (Å²) in [5.74, 6) is 0. The van der Waals surface area contributed by atoms with Gasteiger partial charge >= 0.3 is 0 Å². The summed E-state index contributed by atoms with van der Waals surface area (Å²) in [7, 11) is -1.75. The molecule has 0 aromatic heterocycles. The van der Waals surface area contributed by atoms with Crippen LogP contribution in [0.5, 0.6) is 0 Å². The topological polar surface area (TPSA) is 3.24 Å². The fourth-order valence-corrected chi connectivity index (χ4v) is 11.0. The van der Waals surface area contributed by atoms with Crippen molar-refractivity contribution in [3.8, 4) is 0 Å². The van der Waals surface area contributed by atoms with E-state index in [0.717, 1.165) is 11.1 Å². The van der Waals surface area contributed by atoms with Gasteiger partial charge in [-0.1, -0.05) is 91.8 Å². The van der Waals surface area contributed by atoms with E-state index in [1.54, 1.807) is 10.4 Å². The highest BCUT2D eigenvalue weighted by atomic mass is 28.3. The Kier molecular flexibility index (Phi) is 5.03. The molecule has 1 nitrogen and oxygen atoms in total. The quantitative estimate of drug-likeness (QED) is 0.775. The molecule has 2 heteroatoms. The summed E-state index contributed by atoms with van der Waals surface area (Å²) in [5, 5.41) is 3.23. The van der Waals surface area contributed by atoms with Gasteiger partial charge in [0, 0.05) is 0 Å². The molecular weight excluding hydrogens is 294 g/mol. The molecule has 0 bridgehead atoms. The van der Waals surface area contributed by atoms with Gasteiger partial charge in [0.15, 0.2) is 0 Å². The zero-order valence-electron chi connectivity index (χ0n) is 14.7. The van der Waals surface area contributed by atoms with Gasteiger partial charge in [-0.15, -0.1) is 0 Å². The molecule has 2 aromatic carbocycles. The minimum atomic E-state index is -1.75. The van der Waals surface area contributed by atoms with Crippen LogP contribution in [0.25, 0.3) is 0 Å². The Hall–Kier alpha value is -1.38. The van der Waals surface area contributed by atoms with E-state index < -0.39 is 8.07 Å². The van der Waals surface area contributed by atoms with Crippen LogP contribution in [0, 0.1) is 0 Å². The smallest absolute Gasteiger partial charge is 0.126 e. The molecule has 23 heavy (non-hydrogen) atoms. The van der Waals surface area contributed by atoms with Gasteiger partial charge in [-0.25, -0.2) is 0 Å². The van der Waals surface area contributed by atoms with Gasteiger partial charge in [0.1, 0.15) is 8.07 Å². The summed E-state index contributed by atoms with van der Waals surface area (Å²) >= 11 is 0. The SMILES string of the molecule is CCCN1CC(C)[Si](c2ccccc2)(c2ccccc2)C(C)C1. The minimum Gasteiger partial charge on any atom is -0.303 e. The van der Waals surface area contributed by atoms with E-state index in [4.69, 9.17) is 0 Å². The summed E-state index contributed by atoms with van der Waals surface area (Å²) in [6.07, 6.45) is 1.25. The molecule has 0 amide bonds. The van der Waals surface area contributed by atoms with E-state index in [1.807, 2.05) is 0 Å². The lowest BCUT2D eigenvalue weighted by atomic mass is 10.3. The van der Waals surface area contributed by atoms with Crippen LogP contribution < -0.4 is 10.4 Å². The first-order chi connectivity index (χ1) is 11.2.